The van der Waals surface area contributed by atoms with E-state index in [-0.39, 0.29) is 24.0 Å². The summed E-state index contributed by atoms with van der Waals surface area (Å²) >= 11 is 0. The minimum atomic E-state index is 0.0313. The minimum absolute atomic E-state index is 0.0313. The molecule has 0 heterocycles. The van der Waals surface area contributed by atoms with Gasteiger partial charge in [0.25, 0.3) is 0 Å². The second-order valence-corrected chi connectivity index (χ2v) is 6.46. The van der Waals surface area contributed by atoms with Crippen LogP contribution in [0.5, 0.6) is 0 Å². The van der Waals surface area contributed by atoms with Gasteiger partial charge in [0.05, 0.1) is 6.10 Å². The van der Waals surface area contributed by atoms with Crippen LogP contribution >= 0.6 is 0 Å². The highest BCUT2D eigenvalue weighted by molar-refractivity contribution is 5.78. The Hall–Kier alpha value is -1.39. The van der Waals surface area contributed by atoms with Crippen LogP contribution in [-0.4, -0.2) is 31.2 Å². The predicted octanol–water partition coefficient (Wildman–Crippen LogP) is 2.66. The van der Waals surface area contributed by atoms with E-state index in [2.05, 4.69) is 36.5 Å². The van der Waals surface area contributed by atoms with Gasteiger partial charge in [0.1, 0.15) is 0 Å². The van der Waals surface area contributed by atoms with Crippen molar-refractivity contribution in [1.29, 1.82) is 0 Å². The maximum atomic E-state index is 12.3. The van der Waals surface area contributed by atoms with Gasteiger partial charge in [-0.05, 0) is 44.1 Å². The molecule has 0 spiro atoms. The van der Waals surface area contributed by atoms with Crippen molar-refractivity contribution < 1.29 is 9.53 Å². The topological polar surface area (TPSA) is 64.3 Å². The summed E-state index contributed by atoms with van der Waals surface area (Å²) in [6.07, 6.45) is 5.49. The summed E-state index contributed by atoms with van der Waals surface area (Å²) in [6.45, 7) is 3.55. The average molecular weight is 318 g/mol. The van der Waals surface area contributed by atoms with Crippen molar-refractivity contribution in [3.63, 3.8) is 0 Å². The van der Waals surface area contributed by atoms with E-state index >= 15 is 0 Å². The molecule has 4 nitrogen and oxygen atoms in total. The monoisotopic (exact) mass is 318 g/mol. The van der Waals surface area contributed by atoms with Gasteiger partial charge in [-0.2, -0.15) is 0 Å². The lowest BCUT2D eigenvalue weighted by Crippen LogP contribution is -2.46. The van der Waals surface area contributed by atoms with Gasteiger partial charge in [-0.1, -0.05) is 37.3 Å². The lowest BCUT2D eigenvalue weighted by atomic mass is 9.83. The molecule has 2 rings (SSSR count). The molecule has 0 unspecified atom stereocenters. The number of hydrogen-bond acceptors (Lipinski definition) is 3. The molecule has 1 amide bonds. The molecular weight excluding hydrogens is 288 g/mol. The van der Waals surface area contributed by atoms with Gasteiger partial charge < -0.3 is 15.8 Å². The molecule has 128 valence electrons. The first-order valence-electron chi connectivity index (χ1n) is 8.89. The highest BCUT2D eigenvalue weighted by atomic mass is 16.5. The zero-order valence-corrected chi connectivity index (χ0v) is 14.2. The molecule has 1 aromatic carbocycles. The highest BCUT2D eigenvalue weighted by Gasteiger charge is 2.32. The van der Waals surface area contributed by atoms with E-state index in [0.717, 1.165) is 51.7 Å². The van der Waals surface area contributed by atoms with Crippen LogP contribution < -0.4 is 11.1 Å². The first kappa shape index (κ1) is 18.0. The number of nitrogens with two attached hydrogens (primary N) is 1. The number of aryl methyl sites for hydroxylation is 1. The lowest BCUT2D eigenvalue weighted by Gasteiger charge is -2.33. The molecule has 1 saturated carbocycles. The van der Waals surface area contributed by atoms with Crippen molar-refractivity contribution in [1.82, 2.24) is 5.32 Å². The molecule has 0 aliphatic heterocycles. The van der Waals surface area contributed by atoms with Crippen LogP contribution in [0.1, 0.15) is 44.6 Å². The Balaban J connectivity index is 1.68. The number of hydrogen-bond donors (Lipinski definition) is 2. The normalized spacial score (nSPS) is 24.3. The van der Waals surface area contributed by atoms with E-state index in [4.69, 9.17) is 10.5 Å². The molecule has 4 heteroatoms. The van der Waals surface area contributed by atoms with Gasteiger partial charge in [0.15, 0.2) is 0 Å². The molecule has 3 atom stereocenters. The SMILES string of the molecule is CCCO[C@@H]1C[C@@H](C(=O)NCCCc2ccccc2)CC[C@H]1N. The van der Waals surface area contributed by atoms with Gasteiger partial charge in [0.2, 0.25) is 5.91 Å². The number of benzene rings is 1. The van der Waals surface area contributed by atoms with E-state index in [9.17, 15) is 4.79 Å². The van der Waals surface area contributed by atoms with E-state index in [1.54, 1.807) is 0 Å². The summed E-state index contributed by atoms with van der Waals surface area (Å²) in [6, 6.07) is 10.4. The van der Waals surface area contributed by atoms with Crippen molar-refractivity contribution in [2.24, 2.45) is 11.7 Å². The summed E-state index contributed by atoms with van der Waals surface area (Å²) in [7, 11) is 0. The van der Waals surface area contributed by atoms with Crippen molar-refractivity contribution in [3.05, 3.63) is 35.9 Å². The molecule has 0 aromatic heterocycles. The fourth-order valence-corrected chi connectivity index (χ4v) is 3.14. The van der Waals surface area contributed by atoms with E-state index < -0.39 is 0 Å². The van der Waals surface area contributed by atoms with E-state index in [0.29, 0.717) is 0 Å². The quantitative estimate of drug-likeness (QED) is 0.724. The molecular formula is C19H30N2O2. The van der Waals surface area contributed by atoms with Crippen LogP contribution in [-0.2, 0) is 16.0 Å². The summed E-state index contributed by atoms with van der Waals surface area (Å²) in [5, 5.41) is 3.08. The maximum Gasteiger partial charge on any atom is 0.223 e. The van der Waals surface area contributed by atoms with Crippen LogP contribution in [0, 0.1) is 5.92 Å². The standard InChI is InChI=1S/C19H30N2O2/c1-2-13-23-18-14-16(10-11-17(18)20)19(22)21-12-6-9-15-7-4-3-5-8-15/h3-5,7-8,16-18H,2,6,9-14,20H2,1H3,(H,21,22)/t16-,17+,18+/m0/s1. The maximum absolute atomic E-state index is 12.3. The second kappa shape index (κ2) is 9.68. The van der Waals surface area contributed by atoms with Gasteiger partial charge in [-0.15, -0.1) is 0 Å². The van der Waals surface area contributed by atoms with Gasteiger partial charge in [-0.3, -0.25) is 4.79 Å². The zero-order chi connectivity index (χ0) is 16.5. The predicted molar refractivity (Wildman–Crippen MR) is 93.1 cm³/mol. The Kier molecular flexibility index (Phi) is 7.56. The van der Waals surface area contributed by atoms with Gasteiger partial charge >= 0.3 is 0 Å². The smallest absolute Gasteiger partial charge is 0.223 e. The molecule has 23 heavy (non-hydrogen) atoms. The third-order valence-corrected chi connectivity index (χ3v) is 4.53. The van der Waals surface area contributed by atoms with E-state index in [1.807, 2.05) is 6.07 Å². The van der Waals surface area contributed by atoms with Crippen LogP contribution in [0.3, 0.4) is 0 Å². The summed E-state index contributed by atoms with van der Waals surface area (Å²) in [5.41, 5.74) is 7.43. The van der Waals surface area contributed by atoms with Crippen molar-refractivity contribution >= 4 is 5.91 Å². The van der Waals surface area contributed by atoms with Crippen LogP contribution in [0.25, 0.3) is 0 Å². The Labute approximate surface area is 139 Å². The number of ether oxygens (including phenoxy) is 1. The second-order valence-electron chi connectivity index (χ2n) is 6.46. The highest BCUT2D eigenvalue weighted by Crippen LogP contribution is 2.26. The molecule has 0 radical (unpaired) electrons. The number of rotatable bonds is 8. The Morgan fingerprint density at radius 3 is 2.83 bits per heavy atom. The third-order valence-electron chi connectivity index (χ3n) is 4.53. The average Bonchev–Trinajstić information content (AvgIpc) is 2.58. The third kappa shape index (κ3) is 5.96. The molecule has 1 aromatic rings. The molecule has 1 fully saturated rings. The van der Waals surface area contributed by atoms with Crippen LogP contribution in [0.2, 0.25) is 0 Å². The first-order valence-corrected chi connectivity index (χ1v) is 8.89. The number of carbonyl (C=O) groups excluding carboxylic acids is 1. The number of nitrogens with one attached hydrogen (secondary N) is 1. The number of carbonyl (C=O) groups is 1. The summed E-state index contributed by atoms with van der Waals surface area (Å²) < 4.78 is 5.80. The Morgan fingerprint density at radius 1 is 1.30 bits per heavy atom. The zero-order valence-electron chi connectivity index (χ0n) is 14.2. The molecule has 1 aliphatic carbocycles. The fraction of sp³-hybridized carbons (Fsp3) is 0.632. The molecule has 3 N–H and O–H groups in total. The van der Waals surface area contributed by atoms with Gasteiger partial charge in [0, 0.05) is 25.1 Å². The van der Waals surface area contributed by atoms with Crippen LogP contribution in [0.15, 0.2) is 30.3 Å². The first-order chi connectivity index (χ1) is 11.2. The summed E-state index contributed by atoms with van der Waals surface area (Å²) in [4.78, 5) is 12.3. The fourth-order valence-electron chi connectivity index (χ4n) is 3.14. The number of amides is 1. The Bertz CT molecular complexity index is 464. The van der Waals surface area contributed by atoms with Crippen LogP contribution in [0.4, 0.5) is 0 Å². The van der Waals surface area contributed by atoms with E-state index in [1.165, 1.54) is 5.56 Å². The van der Waals surface area contributed by atoms with Crippen molar-refractivity contribution in [3.8, 4) is 0 Å². The van der Waals surface area contributed by atoms with Crippen molar-refractivity contribution in [2.75, 3.05) is 13.2 Å². The summed E-state index contributed by atoms with van der Waals surface area (Å²) in [5.74, 6) is 0.212. The molecule has 0 bridgehead atoms. The Morgan fingerprint density at radius 2 is 2.09 bits per heavy atom. The van der Waals surface area contributed by atoms with Gasteiger partial charge in [-0.25, -0.2) is 0 Å². The molecule has 0 saturated heterocycles. The molecule has 1 aliphatic rings. The lowest BCUT2D eigenvalue weighted by molar-refractivity contribution is -0.128. The minimum Gasteiger partial charge on any atom is -0.377 e. The largest absolute Gasteiger partial charge is 0.377 e. The van der Waals surface area contributed by atoms with Crippen molar-refractivity contribution in [2.45, 2.75) is 57.6 Å².